The van der Waals surface area contributed by atoms with Crippen LogP contribution in [0.2, 0.25) is 0 Å². The number of carbonyl (C=O) groups is 1. The van der Waals surface area contributed by atoms with Gasteiger partial charge in [0.1, 0.15) is 5.82 Å². The molecule has 104 valence electrons. The first kappa shape index (κ1) is 13.9. The van der Waals surface area contributed by atoms with Gasteiger partial charge >= 0.3 is 0 Å². The molecule has 0 radical (unpaired) electrons. The van der Waals surface area contributed by atoms with Crippen molar-refractivity contribution in [1.29, 1.82) is 0 Å². The lowest BCUT2D eigenvalue weighted by Gasteiger charge is -2.18. The lowest BCUT2D eigenvalue weighted by molar-refractivity contribution is 0.102. The lowest BCUT2D eigenvalue weighted by Crippen LogP contribution is -2.19. The Bertz CT molecular complexity index is 619. The highest BCUT2D eigenvalue weighted by Gasteiger charge is 2.19. The standard InChI is InChI=1S/C14H17N5O/c1-14(2,3)10-7-9(8-11(15)17-10)13(20)18-12-5-4-6-16-19-12/h4-8H,1-3H3,(H2,15,17)(H,18,19,20). The molecule has 20 heavy (non-hydrogen) atoms. The first-order valence-electron chi connectivity index (χ1n) is 6.23. The molecule has 0 atom stereocenters. The summed E-state index contributed by atoms with van der Waals surface area (Å²) in [6.45, 7) is 6.04. The van der Waals surface area contributed by atoms with Crippen LogP contribution < -0.4 is 11.1 Å². The zero-order valence-corrected chi connectivity index (χ0v) is 11.7. The predicted octanol–water partition coefficient (Wildman–Crippen LogP) is 2.00. The van der Waals surface area contributed by atoms with Gasteiger partial charge in [0, 0.05) is 22.9 Å². The van der Waals surface area contributed by atoms with Crippen molar-refractivity contribution < 1.29 is 4.79 Å². The molecule has 6 nitrogen and oxygen atoms in total. The molecular weight excluding hydrogens is 254 g/mol. The summed E-state index contributed by atoms with van der Waals surface area (Å²) in [7, 11) is 0. The highest BCUT2D eigenvalue weighted by Crippen LogP contribution is 2.22. The molecule has 2 rings (SSSR count). The number of rotatable bonds is 2. The number of hydrogen-bond acceptors (Lipinski definition) is 5. The van der Waals surface area contributed by atoms with Crippen LogP contribution in [0.25, 0.3) is 0 Å². The lowest BCUT2D eigenvalue weighted by atomic mass is 9.90. The van der Waals surface area contributed by atoms with E-state index in [9.17, 15) is 4.79 Å². The van der Waals surface area contributed by atoms with E-state index in [-0.39, 0.29) is 11.3 Å². The van der Waals surface area contributed by atoms with E-state index in [0.29, 0.717) is 17.2 Å². The minimum atomic E-state index is -0.287. The van der Waals surface area contributed by atoms with Gasteiger partial charge in [-0.2, -0.15) is 5.10 Å². The van der Waals surface area contributed by atoms with Crippen LogP contribution in [0, 0.1) is 0 Å². The number of hydrogen-bond donors (Lipinski definition) is 2. The van der Waals surface area contributed by atoms with Gasteiger partial charge in [-0.3, -0.25) is 4.79 Å². The van der Waals surface area contributed by atoms with Crippen molar-refractivity contribution >= 4 is 17.5 Å². The zero-order chi connectivity index (χ0) is 14.8. The molecule has 0 aliphatic carbocycles. The molecule has 0 fully saturated rings. The van der Waals surface area contributed by atoms with Gasteiger partial charge in [0.05, 0.1) is 0 Å². The van der Waals surface area contributed by atoms with Crippen molar-refractivity contribution in [2.45, 2.75) is 26.2 Å². The van der Waals surface area contributed by atoms with E-state index >= 15 is 0 Å². The maximum atomic E-state index is 12.2. The van der Waals surface area contributed by atoms with E-state index in [0.717, 1.165) is 5.69 Å². The van der Waals surface area contributed by atoms with Crippen LogP contribution in [0.5, 0.6) is 0 Å². The molecule has 2 aromatic rings. The molecule has 0 saturated carbocycles. The number of carbonyl (C=O) groups excluding carboxylic acids is 1. The normalized spacial score (nSPS) is 11.2. The molecule has 2 heterocycles. The molecule has 1 amide bonds. The Balaban J connectivity index is 2.29. The van der Waals surface area contributed by atoms with E-state index in [4.69, 9.17) is 5.73 Å². The molecule has 0 aliphatic rings. The third kappa shape index (κ3) is 3.28. The molecule has 0 aliphatic heterocycles. The first-order chi connectivity index (χ1) is 9.36. The quantitative estimate of drug-likeness (QED) is 0.871. The Morgan fingerprint density at radius 2 is 2.05 bits per heavy atom. The monoisotopic (exact) mass is 271 g/mol. The fourth-order valence-corrected chi connectivity index (χ4v) is 1.62. The number of amides is 1. The molecule has 0 saturated heterocycles. The third-order valence-corrected chi connectivity index (χ3v) is 2.69. The van der Waals surface area contributed by atoms with E-state index in [2.05, 4.69) is 20.5 Å². The second kappa shape index (κ2) is 5.24. The first-order valence-corrected chi connectivity index (χ1v) is 6.23. The van der Waals surface area contributed by atoms with Crippen molar-refractivity contribution in [3.8, 4) is 0 Å². The van der Waals surface area contributed by atoms with Gasteiger partial charge in [0.2, 0.25) is 0 Å². The van der Waals surface area contributed by atoms with Crippen LogP contribution in [0.3, 0.4) is 0 Å². The predicted molar refractivity (Wildman–Crippen MR) is 77.3 cm³/mol. The third-order valence-electron chi connectivity index (χ3n) is 2.69. The van der Waals surface area contributed by atoms with Crippen molar-refractivity contribution in [2.75, 3.05) is 11.1 Å². The maximum Gasteiger partial charge on any atom is 0.257 e. The Hall–Kier alpha value is -2.50. The van der Waals surface area contributed by atoms with Gasteiger partial charge in [-0.15, -0.1) is 5.10 Å². The number of nitrogens with zero attached hydrogens (tertiary/aromatic N) is 3. The summed E-state index contributed by atoms with van der Waals surface area (Å²) in [5.41, 5.74) is 6.80. The molecular formula is C14H17N5O. The van der Waals surface area contributed by atoms with Crippen LogP contribution in [-0.2, 0) is 5.41 Å². The smallest absolute Gasteiger partial charge is 0.257 e. The van der Waals surface area contributed by atoms with Crippen LogP contribution in [0.4, 0.5) is 11.6 Å². The second-order valence-electron chi connectivity index (χ2n) is 5.48. The van der Waals surface area contributed by atoms with Crippen LogP contribution >= 0.6 is 0 Å². The summed E-state index contributed by atoms with van der Waals surface area (Å²) in [5.74, 6) is 0.428. The fraction of sp³-hybridized carbons (Fsp3) is 0.286. The molecule has 6 heteroatoms. The minimum absolute atomic E-state index is 0.184. The van der Waals surface area contributed by atoms with E-state index in [1.54, 1.807) is 24.3 Å². The van der Waals surface area contributed by atoms with Crippen LogP contribution in [0.1, 0.15) is 36.8 Å². The average molecular weight is 271 g/mol. The molecule has 0 aromatic carbocycles. The summed E-state index contributed by atoms with van der Waals surface area (Å²) in [6.07, 6.45) is 1.54. The number of anilines is 2. The van der Waals surface area contributed by atoms with Gasteiger partial charge in [-0.25, -0.2) is 4.98 Å². The largest absolute Gasteiger partial charge is 0.384 e. The van der Waals surface area contributed by atoms with E-state index in [1.165, 1.54) is 6.20 Å². The number of pyridine rings is 1. The average Bonchev–Trinajstić information content (AvgIpc) is 2.38. The van der Waals surface area contributed by atoms with Gasteiger partial charge < -0.3 is 11.1 Å². The van der Waals surface area contributed by atoms with Gasteiger partial charge in [-0.1, -0.05) is 20.8 Å². The van der Waals surface area contributed by atoms with Crippen molar-refractivity contribution in [3.05, 3.63) is 41.7 Å². The highest BCUT2D eigenvalue weighted by molar-refractivity contribution is 6.04. The summed E-state index contributed by atoms with van der Waals surface area (Å²) < 4.78 is 0. The maximum absolute atomic E-state index is 12.2. The summed E-state index contributed by atoms with van der Waals surface area (Å²) in [6, 6.07) is 6.65. The van der Waals surface area contributed by atoms with E-state index in [1.807, 2.05) is 20.8 Å². The summed E-state index contributed by atoms with van der Waals surface area (Å²) >= 11 is 0. The van der Waals surface area contributed by atoms with Gasteiger partial charge in [0.25, 0.3) is 5.91 Å². The van der Waals surface area contributed by atoms with E-state index < -0.39 is 0 Å². The molecule has 0 unspecified atom stereocenters. The van der Waals surface area contributed by atoms with Crippen molar-refractivity contribution in [1.82, 2.24) is 15.2 Å². The molecule has 2 aromatic heterocycles. The summed E-state index contributed by atoms with van der Waals surface area (Å²) in [4.78, 5) is 16.4. The highest BCUT2D eigenvalue weighted by atomic mass is 16.1. The topological polar surface area (TPSA) is 93.8 Å². The number of aromatic nitrogens is 3. The van der Waals surface area contributed by atoms with Crippen molar-refractivity contribution in [3.63, 3.8) is 0 Å². The molecule has 3 N–H and O–H groups in total. The Labute approximate surface area is 117 Å². The van der Waals surface area contributed by atoms with Gasteiger partial charge in [0.15, 0.2) is 5.82 Å². The Kier molecular flexibility index (Phi) is 3.65. The summed E-state index contributed by atoms with van der Waals surface area (Å²) in [5, 5.41) is 10.2. The number of nitrogens with one attached hydrogen (secondary N) is 1. The number of nitrogen functional groups attached to an aromatic ring is 1. The van der Waals surface area contributed by atoms with Crippen molar-refractivity contribution in [2.24, 2.45) is 0 Å². The fourth-order valence-electron chi connectivity index (χ4n) is 1.62. The Morgan fingerprint density at radius 1 is 1.30 bits per heavy atom. The zero-order valence-electron chi connectivity index (χ0n) is 11.7. The van der Waals surface area contributed by atoms with Crippen LogP contribution in [-0.4, -0.2) is 21.1 Å². The minimum Gasteiger partial charge on any atom is -0.384 e. The second-order valence-corrected chi connectivity index (χ2v) is 5.48. The Morgan fingerprint density at radius 3 is 2.65 bits per heavy atom. The van der Waals surface area contributed by atoms with Gasteiger partial charge in [-0.05, 0) is 24.3 Å². The SMILES string of the molecule is CC(C)(C)c1cc(C(=O)Nc2cccnn2)cc(N)n1. The van der Waals surface area contributed by atoms with Crippen LogP contribution in [0.15, 0.2) is 30.5 Å². The molecule has 0 bridgehead atoms. The molecule has 0 spiro atoms. The number of nitrogens with two attached hydrogens (primary N) is 1.